The van der Waals surface area contributed by atoms with Crippen LogP contribution >= 0.6 is 11.6 Å². The summed E-state index contributed by atoms with van der Waals surface area (Å²) in [6, 6.07) is 17.1. The average Bonchev–Trinajstić information content (AvgIpc) is 2.53. The number of halogens is 1. The zero-order valence-electron chi connectivity index (χ0n) is 11.0. The summed E-state index contributed by atoms with van der Waals surface area (Å²) in [7, 11) is 0. The highest BCUT2D eigenvalue weighted by molar-refractivity contribution is 6.33. The molecule has 0 aliphatic heterocycles. The van der Waals surface area contributed by atoms with Gasteiger partial charge in [0.15, 0.2) is 0 Å². The van der Waals surface area contributed by atoms with E-state index < -0.39 is 0 Å². The van der Waals surface area contributed by atoms with E-state index in [2.05, 4.69) is 16.8 Å². The Balaban J connectivity index is 1.92. The number of pyridine rings is 1. The molecule has 0 saturated carbocycles. The molecule has 0 aliphatic rings. The second-order valence-corrected chi connectivity index (χ2v) is 4.84. The minimum absolute atomic E-state index is 0.176. The van der Waals surface area contributed by atoms with Crippen LogP contribution in [-0.4, -0.2) is 10.8 Å². The first-order chi connectivity index (χ1) is 10.2. The Morgan fingerprint density at radius 2 is 1.81 bits per heavy atom. The summed E-state index contributed by atoms with van der Waals surface area (Å²) in [5, 5.41) is 2.41. The van der Waals surface area contributed by atoms with Crippen LogP contribution in [0.5, 0.6) is 0 Å². The van der Waals surface area contributed by atoms with Gasteiger partial charge in [-0.1, -0.05) is 47.9 Å². The predicted octanol–water partition coefficient (Wildman–Crippen LogP) is 4.12. The number of aromatic nitrogens is 1. The highest BCUT2D eigenvalue weighted by Crippen LogP contribution is 2.15. The standard InChI is InChI=1S/C18H10ClNO/c19-18-16(6-3-11-20-18)17(21)10-8-13-7-9-14-4-1-2-5-15(14)12-13/h1-7,9,11-12H. The fourth-order valence-electron chi connectivity index (χ4n) is 2.02. The molecule has 3 rings (SSSR count). The molecule has 0 unspecified atom stereocenters. The molecule has 0 amide bonds. The topological polar surface area (TPSA) is 30.0 Å². The van der Waals surface area contributed by atoms with Crippen LogP contribution in [0.15, 0.2) is 60.8 Å². The Labute approximate surface area is 127 Å². The van der Waals surface area contributed by atoms with Crippen LogP contribution in [0.2, 0.25) is 5.15 Å². The number of Topliss-reactive ketones (excluding diaryl/α,β-unsaturated/α-hetero) is 1. The lowest BCUT2D eigenvalue weighted by Gasteiger charge is -1.97. The number of fused-ring (bicyclic) bond motifs is 1. The minimum Gasteiger partial charge on any atom is -0.279 e. The molecule has 1 heterocycles. The van der Waals surface area contributed by atoms with E-state index in [1.165, 1.54) is 6.20 Å². The summed E-state index contributed by atoms with van der Waals surface area (Å²) in [4.78, 5) is 15.9. The van der Waals surface area contributed by atoms with Crippen molar-refractivity contribution in [1.82, 2.24) is 4.98 Å². The monoisotopic (exact) mass is 291 g/mol. The Bertz CT molecular complexity index is 890. The van der Waals surface area contributed by atoms with Crippen LogP contribution < -0.4 is 0 Å². The zero-order valence-corrected chi connectivity index (χ0v) is 11.8. The molecule has 0 saturated heterocycles. The second-order valence-electron chi connectivity index (χ2n) is 4.48. The van der Waals surface area contributed by atoms with Crippen LogP contribution in [0.25, 0.3) is 10.8 Å². The van der Waals surface area contributed by atoms with E-state index in [9.17, 15) is 4.79 Å². The van der Waals surface area contributed by atoms with Crippen LogP contribution in [-0.2, 0) is 0 Å². The van der Waals surface area contributed by atoms with Crippen molar-refractivity contribution in [2.75, 3.05) is 0 Å². The number of rotatable bonds is 1. The third kappa shape index (κ3) is 2.94. The maximum absolute atomic E-state index is 12.0. The van der Waals surface area contributed by atoms with Crippen LogP contribution in [0, 0.1) is 11.8 Å². The zero-order chi connectivity index (χ0) is 14.7. The van der Waals surface area contributed by atoms with Gasteiger partial charge in [0.1, 0.15) is 5.15 Å². The Morgan fingerprint density at radius 1 is 1.00 bits per heavy atom. The van der Waals surface area contributed by atoms with Gasteiger partial charge in [-0.2, -0.15) is 0 Å². The van der Waals surface area contributed by atoms with Crippen LogP contribution in [0.4, 0.5) is 0 Å². The lowest BCUT2D eigenvalue weighted by molar-refractivity contribution is 0.105. The third-order valence-corrected chi connectivity index (χ3v) is 3.37. The van der Waals surface area contributed by atoms with Gasteiger partial charge in [-0.05, 0) is 41.0 Å². The van der Waals surface area contributed by atoms with Crippen molar-refractivity contribution >= 4 is 28.2 Å². The number of hydrogen-bond acceptors (Lipinski definition) is 2. The van der Waals surface area contributed by atoms with E-state index in [1.807, 2.05) is 42.5 Å². The van der Waals surface area contributed by atoms with Crippen molar-refractivity contribution < 1.29 is 4.79 Å². The molecule has 0 atom stereocenters. The largest absolute Gasteiger partial charge is 0.279 e. The van der Waals surface area contributed by atoms with Gasteiger partial charge in [-0.15, -0.1) is 0 Å². The first-order valence-electron chi connectivity index (χ1n) is 6.40. The van der Waals surface area contributed by atoms with Crippen molar-refractivity contribution in [2.45, 2.75) is 0 Å². The number of benzene rings is 2. The van der Waals surface area contributed by atoms with Gasteiger partial charge in [0, 0.05) is 11.8 Å². The number of nitrogens with zero attached hydrogens (tertiary/aromatic N) is 1. The van der Waals surface area contributed by atoms with E-state index in [0.717, 1.165) is 16.3 Å². The van der Waals surface area contributed by atoms with Crippen molar-refractivity contribution in [3.63, 3.8) is 0 Å². The predicted molar refractivity (Wildman–Crippen MR) is 84.4 cm³/mol. The van der Waals surface area contributed by atoms with Gasteiger partial charge < -0.3 is 0 Å². The first kappa shape index (κ1) is 13.4. The van der Waals surface area contributed by atoms with Crippen molar-refractivity contribution in [2.24, 2.45) is 0 Å². The SMILES string of the molecule is O=C(C#Cc1ccc2ccccc2c1)c1cccnc1Cl. The smallest absolute Gasteiger partial charge is 0.239 e. The Morgan fingerprint density at radius 3 is 2.62 bits per heavy atom. The van der Waals surface area contributed by atoms with Crippen molar-refractivity contribution in [3.8, 4) is 11.8 Å². The highest BCUT2D eigenvalue weighted by atomic mass is 35.5. The number of hydrogen-bond donors (Lipinski definition) is 0. The molecule has 0 aliphatic carbocycles. The normalized spacial score (nSPS) is 9.95. The molecule has 2 nitrogen and oxygen atoms in total. The maximum atomic E-state index is 12.0. The fraction of sp³-hybridized carbons (Fsp3) is 0. The molecular formula is C18H10ClNO. The van der Waals surface area contributed by atoms with Crippen molar-refractivity contribution in [1.29, 1.82) is 0 Å². The summed E-state index contributed by atoms with van der Waals surface area (Å²) in [5.74, 6) is 5.15. The quantitative estimate of drug-likeness (QED) is 0.383. The third-order valence-electron chi connectivity index (χ3n) is 3.07. The second kappa shape index (κ2) is 5.78. The molecule has 2 aromatic carbocycles. The van der Waals surface area contributed by atoms with E-state index in [-0.39, 0.29) is 10.9 Å². The molecule has 100 valence electrons. The fourth-order valence-corrected chi connectivity index (χ4v) is 2.22. The van der Waals surface area contributed by atoms with Crippen LogP contribution in [0.3, 0.4) is 0 Å². The van der Waals surface area contributed by atoms with E-state index in [0.29, 0.717) is 5.56 Å². The Kier molecular flexibility index (Phi) is 3.68. The molecule has 1 aromatic heterocycles. The molecule has 0 radical (unpaired) electrons. The van der Waals surface area contributed by atoms with E-state index in [4.69, 9.17) is 11.6 Å². The van der Waals surface area contributed by atoms with Gasteiger partial charge in [0.25, 0.3) is 0 Å². The van der Waals surface area contributed by atoms with Gasteiger partial charge in [-0.3, -0.25) is 4.79 Å². The molecule has 0 bridgehead atoms. The molecule has 3 heteroatoms. The van der Waals surface area contributed by atoms with Gasteiger partial charge >= 0.3 is 0 Å². The summed E-state index contributed by atoms with van der Waals surface area (Å²) >= 11 is 5.88. The average molecular weight is 292 g/mol. The van der Waals surface area contributed by atoms with Crippen LogP contribution in [0.1, 0.15) is 15.9 Å². The summed E-state index contributed by atoms with van der Waals surface area (Å²) < 4.78 is 0. The van der Waals surface area contributed by atoms with Gasteiger partial charge in [0.2, 0.25) is 5.78 Å². The highest BCUT2D eigenvalue weighted by Gasteiger charge is 2.07. The van der Waals surface area contributed by atoms with E-state index >= 15 is 0 Å². The molecule has 3 aromatic rings. The molecule has 21 heavy (non-hydrogen) atoms. The van der Waals surface area contributed by atoms with Gasteiger partial charge in [-0.25, -0.2) is 4.98 Å². The maximum Gasteiger partial charge on any atom is 0.239 e. The van der Waals surface area contributed by atoms with Gasteiger partial charge in [0.05, 0.1) is 5.56 Å². The number of carbonyl (C=O) groups is 1. The molecule has 0 spiro atoms. The number of ketones is 1. The lowest BCUT2D eigenvalue weighted by atomic mass is 10.1. The van der Waals surface area contributed by atoms with E-state index in [1.54, 1.807) is 12.1 Å². The first-order valence-corrected chi connectivity index (χ1v) is 6.77. The summed E-state index contributed by atoms with van der Waals surface area (Å²) in [6.07, 6.45) is 1.54. The summed E-state index contributed by atoms with van der Waals surface area (Å²) in [6.45, 7) is 0. The number of carbonyl (C=O) groups excluding carboxylic acids is 1. The minimum atomic E-state index is -0.332. The molecular weight excluding hydrogens is 282 g/mol. The van der Waals surface area contributed by atoms with Crippen molar-refractivity contribution in [3.05, 3.63) is 77.1 Å². The molecule has 0 N–H and O–H groups in total. The summed E-state index contributed by atoms with van der Waals surface area (Å²) in [5.41, 5.74) is 1.12. The lowest BCUT2D eigenvalue weighted by Crippen LogP contribution is -1.97. The Hall–Kier alpha value is -2.63. The molecule has 0 fully saturated rings.